The number of aliphatic hydroxyl groups is 1. The summed E-state index contributed by atoms with van der Waals surface area (Å²) in [6, 6.07) is 10.3. The molecule has 2 nitrogen and oxygen atoms in total. The highest BCUT2D eigenvalue weighted by Gasteiger charge is 2.03. The molecule has 0 aliphatic rings. The van der Waals surface area contributed by atoms with Gasteiger partial charge in [-0.05, 0) is 19.0 Å². The molecule has 0 bridgehead atoms. The molecule has 1 aromatic carbocycles. The van der Waals surface area contributed by atoms with Crippen LogP contribution >= 0.6 is 0 Å². The van der Waals surface area contributed by atoms with Gasteiger partial charge < -0.3 is 10.4 Å². The van der Waals surface area contributed by atoms with Crippen LogP contribution in [0.25, 0.3) is 0 Å². The first-order valence-corrected chi connectivity index (χ1v) is 4.19. The van der Waals surface area contributed by atoms with Gasteiger partial charge in [0.2, 0.25) is 0 Å². The third kappa shape index (κ3) is 2.64. The van der Waals surface area contributed by atoms with Gasteiger partial charge in [0.25, 0.3) is 0 Å². The third-order valence-corrected chi connectivity index (χ3v) is 1.95. The van der Waals surface area contributed by atoms with Crippen molar-refractivity contribution in [1.82, 2.24) is 5.32 Å². The minimum absolute atomic E-state index is 0.174. The van der Waals surface area contributed by atoms with Crippen LogP contribution in [-0.2, 0) is 6.42 Å². The van der Waals surface area contributed by atoms with Gasteiger partial charge in [-0.1, -0.05) is 30.3 Å². The number of hydrogen-bond acceptors (Lipinski definition) is 2. The first-order valence-electron chi connectivity index (χ1n) is 4.19. The van der Waals surface area contributed by atoms with Crippen LogP contribution in [-0.4, -0.2) is 24.8 Å². The first-order chi connectivity index (χ1) is 5.86. The fraction of sp³-hybridized carbons (Fsp3) is 0.400. The van der Waals surface area contributed by atoms with E-state index in [1.54, 1.807) is 0 Å². The second-order valence-corrected chi connectivity index (χ2v) is 2.86. The van der Waals surface area contributed by atoms with Gasteiger partial charge in [0, 0.05) is 6.04 Å². The molecule has 1 atom stereocenters. The smallest absolute Gasteiger partial charge is 0.0587 e. The first kappa shape index (κ1) is 9.23. The van der Waals surface area contributed by atoms with E-state index < -0.39 is 0 Å². The van der Waals surface area contributed by atoms with Crippen molar-refractivity contribution in [1.29, 1.82) is 0 Å². The van der Waals surface area contributed by atoms with Crippen LogP contribution in [0, 0.1) is 0 Å². The summed E-state index contributed by atoms with van der Waals surface area (Å²) >= 11 is 0. The Morgan fingerprint density at radius 2 is 2.00 bits per heavy atom. The van der Waals surface area contributed by atoms with Crippen LogP contribution < -0.4 is 5.32 Å². The maximum atomic E-state index is 8.92. The van der Waals surface area contributed by atoms with E-state index in [0.29, 0.717) is 0 Å². The maximum absolute atomic E-state index is 8.92. The molecule has 66 valence electrons. The number of rotatable bonds is 4. The summed E-state index contributed by atoms with van der Waals surface area (Å²) in [5.41, 5.74) is 1.26. The van der Waals surface area contributed by atoms with Gasteiger partial charge in [-0.3, -0.25) is 0 Å². The zero-order valence-corrected chi connectivity index (χ0v) is 7.33. The topological polar surface area (TPSA) is 32.3 Å². The summed E-state index contributed by atoms with van der Waals surface area (Å²) in [7, 11) is 1.86. The molecule has 0 spiro atoms. The number of benzene rings is 1. The van der Waals surface area contributed by atoms with Crippen molar-refractivity contribution < 1.29 is 5.11 Å². The van der Waals surface area contributed by atoms with Gasteiger partial charge in [-0.15, -0.1) is 0 Å². The van der Waals surface area contributed by atoms with Gasteiger partial charge in [-0.25, -0.2) is 0 Å². The van der Waals surface area contributed by atoms with E-state index in [1.807, 2.05) is 25.2 Å². The van der Waals surface area contributed by atoms with Crippen LogP contribution in [0.3, 0.4) is 0 Å². The molecule has 1 unspecified atom stereocenters. The van der Waals surface area contributed by atoms with E-state index >= 15 is 0 Å². The molecule has 1 rings (SSSR count). The Balaban J connectivity index is 2.51. The lowest BCUT2D eigenvalue weighted by Crippen LogP contribution is -2.31. The monoisotopic (exact) mass is 165 g/mol. The van der Waals surface area contributed by atoms with Crippen molar-refractivity contribution in [3.8, 4) is 0 Å². The zero-order valence-electron chi connectivity index (χ0n) is 7.33. The van der Waals surface area contributed by atoms with Crippen molar-refractivity contribution in [2.45, 2.75) is 12.5 Å². The molecule has 0 saturated heterocycles. The zero-order chi connectivity index (χ0) is 8.81. The van der Waals surface area contributed by atoms with Crippen molar-refractivity contribution in [3.63, 3.8) is 0 Å². The fourth-order valence-corrected chi connectivity index (χ4v) is 1.16. The highest BCUT2D eigenvalue weighted by Crippen LogP contribution is 2.01. The summed E-state index contributed by atoms with van der Waals surface area (Å²) in [5.74, 6) is 0. The lowest BCUT2D eigenvalue weighted by molar-refractivity contribution is 0.248. The van der Waals surface area contributed by atoms with Crippen LogP contribution in [0.5, 0.6) is 0 Å². The molecule has 0 aliphatic heterocycles. The van der Waals surface area contributed by atoms with E-state index in [0.717, 1.165) is 6.42 Å². The fourth-order valence-electron chi connectivity index (χ4n) is 1.16. The summed E-state index contributed by atoms with van der Waals surface area (Å²) < 4.78 is 0. The van der Waals surface area contributed by atoms with Gasteiger partial charge in [-0.2, -0.15) is 0 Å². The second kappa shape index (κ2) is 4.91. The molecule has 0 aliphatic carbocycles. The summed E-state index contributed by atoms with van der Waals surface area (Å²) in [4.78, 5) is 0. The molecule has 0 heterocycles. The molecule has 2 heteroatoms. The van der Waals surface area contributed by atoms with E-state index in [-0.39, 0.29) is 12.6 Å². The quantitative estimate of drug-likeness (QED) is 0.692. The molecule has 12 heavy (non-hydrogen) atoms. The van der Waals surface area contributed by atoms with Crippen LogP contribution in [0.1, 0.15) is 5.56 Å². The minimum Gasteiger partial charge on any atom is -0.395 e. The Labute approximate surface area is 73.2 Å². The van der Waals surface area contributed by atoms with Crippen molar-refractivity contribution in [2.24, 2.45) is 0 Å². The number of likely N-dealkylation sites (N-methyl/N-ethyl adjacent to an activating group) is 1. The van der Waals surface area contributed by atoms with Gasteiger partial charge in [0.1, 0.15) is 0 Å². The summed E-state index contributed by atoms with van der Waals surface area (Å²) in [6.45, 7) is 0.186. The molecule has 1 aromatic rings. The average Bonchev–Trinajstić information content (AvgIpc) is 2.16. The molecular weight excluding hydrogens is 150 g/mol. The summed E-state index contributed by atoms with van der Waals surface area (Å²) in [6.07, 6.45) is 0.883. The van der Waals surface area contributed by atoms with Crippen LogP contribution in [0.2, 0.25) is 0 Å². The largest absolute Gasteiger partial charge is 0.395 e. The minimum atomic E-state index is 0.174. The lowest BCUT2D eigenvalue weighted by atomic mass is 10.1. The second-order valence-electron chi connectivity index (χ2n) is 2.86. The normalized spacial score (nSPS) is 12.8. The predicted molar refractivity (Wildman–Crippen MR) is 50.1 cm³/mol. The van der Waals surface area contributed by atoms with Gasteiger partial charge >= 0.3 is 0 Å². The molecule has 0 saturated carbocycles. The highest BCUT2D eigenvalue weighted by molar-refractivity contribution is 5.15. The Kier molecular flexibility index (Phi) is 3.77. The van der Waals surface area contributed by atoms with Crippen molar-refractivity contribution >= 4 is 0 Å². The molecule has 2 N–H and O–H groups in total. The van der Waals surface area contributed by atoms with Crippen LogP contribution in [0.15, 0.2) is 30.3 Å². The summed E-state index contributed by atoms with van der Waals surface area (Å²) in [5, 5.41) is 12.0. The number of nitrogens with one attached hydrogen (secondary N) is 1. The van der Waals surface area contributed by atoms with Crippen molar-refractivity contribution in [3.05, 3.63) is 35.9 Å². The molecule has 0 amide bonds. The maximum Gasteiger partial charge on any atom is 0.0587 e. The van der Waals surface area contributed by atoms with E-state index in [4.69, 9.17) is 5.11 Å². The molecule has 0 radical (unpaired) electrons. The SMILES string of the molecule is CNC(CO)Cc1ccccc1. The standard InChI is InChI=1S/C10H15NO/c1-11-10(8-12)7-9-5-3-2-4-6-9/h2-6,10-12H,7-8H2,1H3. The Morgan fingerprint density at radius 1 is 1.33 bits per heavy atom. The Bertz CT molecular complexity index is 206. The highest BCUT2D eigenvalue weighted by atomic mass is 16.3. The Hall–Kier alpha value is -0.860. The van der Waals surface area contributed by atoms with Gasteiger partial charge in [0.05, 0.1) is 6.61 Å². The number of aliphatic hydroxyl groups excluding tert-OH is 1. The molecular formula is C10H15NO. The third-order valence-electron chi connectivity index (χ3n) is 1.95. The molecule has 0 fully saturated rings. The van der Waals surface area contributed by atoms with Gasteiger partial charge in [0.15, 0.2) is 0 Å². The van der Waals surface area contributed by atoms with E-state index in [9.17, 15) is 0 Å². The van der Waals surface area contributed by atoms with E-state index in [2.05, 4.69) is 17.4 Å². The van der Waals surface area contributed by atoms with E-state index in [1.165, 1.54) is 5.56 Å². The molecule has 0 aromatic heterocycles. The predicted octanol–water partition coefficient (Wildman–Crippen LogP) is 0.809. The Morgan fingerprint density at radius 3 is 2.50 bits per heavy atom. The lowest BCUT2D eigenvalue weighted by Gasteiger charge is -2.12. The van der Waals surface area contributed by atoms with Crippen molar-refractivity contribution in [2.75, 3.05) is 13.7 Å². The van der Waals surface area contributed by atoms with Crippen LogP contribution in [0.4, 0.5) is 0 Å². The average molecular weight is 165 g/mol. The number of hydrogen-bond donors (Lipinski definition) is 2.